The third-order valence-electron chi connectivity index (χ3n) is 10.3. The standard InChI is InChI=1S/C42H52N2O10/c1-11-19(7)33(41(51)52)43-15-25-31-23(27(17(3)4)39(49)35(25)45)13-21(9)29(37(31)47)30-22(10)14-24-28(18(5)6)40(50)36(46)26(32(24)38(30)48)16-44-34(42(53)54)20(8)12-2/h13-14,17-18,43-50H,11-12,15-16H2,1-10H3,(H,51,52)(H,53,54)/b33-19-,34-20-. The molecule has 0 amide bonds. The Kier molecular flexibility index (Phi) is 11.9. The first-order chi connectivity index (χ1) is 25.2. The molecule has 0 aliphatic carbocycles. The lowest BCUT2D eigenvalue weighted by molar-refractivity contribution is -0.134. The van der Waals surface area contributed by atoms with Gasteiger partial charge in [-0.3, -0.25) is 0 Å². The van der Waals surface area contributed by atoms with Crippen molar-refractivity contribution >= 4 is 33.5 Å². The fourth-order valence-corrected chi connectivity index (χ4v) is 7.34. The van der Waals surface area contributed by atoms with Crippen LogP contribution >= 0.6 is 0 Å². The number of allylic oxidation sites excluding steroid dienone is 2. The Balaban J connectivity index is 2.18. The molecule has 0 bridgehead atoms. The summed E-state index contributed by atoms with van der Waals surface area (Å²) in [7, 11) is 0. The van der Waals surface area contributed by atoms with E-state index in [9.17, 15) is 50.4 Å². The topological polar surface area (TPSA) is 220 Å². The summed E-state index contributed by atoms with van der Waals surface area (Å²) in [6, 6.07) is 3.45. The highest BCUT2D eigenvalue weighted by Crippen LogP contribution is 2.54. The SMILES string of the molecule is CC/C(C)=C(\NCc1c(O)c(O)c(C(C)C)c2cc(C)c(-c3c(C)cc4c(C(C)C)c(O)c(O)c(CN/C(C(=O)O)=C(/C)CC)c4c3O)c(O)c12)C(=O)O. The first-order valence-electron chi connectivity index (χ1n) is 18.0. The predicted molar refractivity (Wildman–Crippen MR) is 209 cm³/mol. The van der Waals surface area contributed by atoms with Gasteiger partial charge >= 0.3 is 11.9 Å². The van der Waals surface area contributed by atoms with Crippen LogP contribution in [-0.2, 0) is 22.7 Å². The van der Waals surface area contributed by atoms with Gasteiger partial charge in [-0.2, -0.15) is 0 Å². The minimum Gasteiger partial charge on any atom is -0.507 e. The van der Waals surface area contributed by atoms with Gasteiger partial charge < -0.3 is 51.5 Å². The van der Waals surface area contributed by atoms with E-state index in [0.29, 0.717) is 57.0 Å². The van der Waals surface area contributed by atoms with Crippen molar-refractivity contribution in [3.05, 3.63) is 68.1 Å². The first kappa shape index (κ1) is 41.0. The molecule has 0 saturated carbocycles. The van der Waals surface area contributed by atoms with Gasteiger partial charge in [0.15, 0.2) is 23.0 Å². The van der Waals surface area contributed by atoms with Crippen molar-refractivity contribution in [2.24, 2.45) is 0 Å². The van der Waals surface area contributed by atoms with Crippen LogP contribution in [-0.4, -0.2) is 52.8 Å². The van der Waals surface area contributed by atoms with Gasteiger partial charge in [-0.25, -0.2) is 9.59 Å². The quantitative estimate of drug-likeness (QED) is 0.0460. The van der Waals surface area contributed by atoms with E-state index in [1.807, 2.05) is 27.7 Å². The van der Waals surface area contributed by atoms with Crippen LogP contribution in [0.1, 0.15) is 113 Å². The molecule has 0 atom stereocenters. The zero-order valence-electron chi connectivity index (χ0n) is 32.5. The highest BCUT2D eigenvalue weighted by atomic mass is 16.4. The minimum atomic E-state index is -1.21. The lowest BCUT2D eigenvalue weighted by Crippen LogP contribution is -2.22. The maximum atomic E-state index is 12.3. The molecule has 0 saturated heterocycles. The number of aryl methyl sites for hydroxylation is 2. The Bertz CT molecular complexity index is 2110. The monoisotopic (exact) mass is 744 g/mol. The lowest BCUT2D eigenvalue weighted by Gasteiger charge is -2.25. The highest BCUT2D eigenvalue weighted by Gasteiger charge is 2.30. The van der Waals surface area contributed by atoms with Gasteiger partial charge in [0.25, 0.3) is 0 Å². The first-order valence-corrected chi connectivity index (χ1v) is 18.0. The maximum Gasteiger partial charge on any atom is 0.351 e. The molecule has 0 spiro atoms. The maximum absolute atomic E-state index is 12.3. The Hall–Kier alpha value is -5.78. The fraction of sp³-hybridized carbons (Fsp3) is 0.381. The molecule has 0 heterocycles. The van der Waals surface area contributed by atoms with Gasteiger partial charge in [0.2, 0.25) is 0 Å². The Morgan fingerprint density at radius 1 is 0.574 bits per heavy atom. The zero-order chi connectivity index (χ0) is 40.7. The summed E-state index contributed by atoms with van der Waals surface area (Å²) in [5.74, 6) is -5.66. The van der Waals surface area contributed by atoms with Crippen LogP contribution in [0.15, 0.2) is 34.7 Å². The third kappa shape index (κ3) is 7.00. The van der Waals surface area contributed by atoms with Crippen molar-refractivity contribution in [1.82, 2.24) is 10.6 Å². The largest absolute Gasteiger partial charge is 0.507 e. The second-order valence-corrected chi connectivity index (χ2v) is 14.5. The summed E-state index contributed by atoms with van der Waals surface area (Å²) in [4.78, 5) is 24.3. The number of hydrogen-bond acceptors (Lipinski definition) is 10. The number of benzene rings is 4. The molecule has 0 radical (unpaired) electrons. The molecule has 4 aromatic carbocycles. The van der Waals surface area contributed by atoms with Crippen LogP contribution < -0.4 is 10.6 Å². The smallest absolute Gasteiger partial charge is 0.351 e. The van der Waals surface area contributed by atoms with E-state index >= 15 is 0 Å². The van der Waals surface area contributed by atoms with E-state index in [2.05, 4.69) is 10.6 Å². The molecule has 0 unspecified atom stereocenters. The molecule has 4 aromatic rings. The fourth-order valence-electron chi connectivity index (χ4n) is 7.34. The summed E-state index contributed by atoms with van der Waals surface area (Å²) in [5, 5.41) is 96.7. The average Bonchev–Trinajstić information content (AvgIpc) is 3.08. The second-order valence-electron chi connectivity index (χ2n) is 14.5. The molecule has 12 nitrogen and oxygen atoms in total. The van der Waals surface area contributed by atoms with Crippen LogP contribution in [0.25, 0.3) is 32.7 Å². The van der Waals surface area contributed by atoms with Gasteiger partial charge in [-0.05, 0) is 85.4 Å². The molecule has 0 aromatic heterocycles. The Morgan fingerprint density at radius 2 is 0.889 bits per heavy atom. The molecular weight excluding hydrogens is 692 g/mol. The number of phenols is 6. The number of carboxylic acids is 2. The molecule has 0 fully saturated rings. The van der Waals surface area contributed by atoms with Gasteiger partial charge in [0, 0.05) is 57.2 Å². The van der Waals surface area contributed by atoms with Crippen LogP contribution in [0.5, 0.6) is 34.5 Å². The minimum absolute atomic E-state index is 0.0278. The van der Waals surface area contributed by atoms with E-state index in [0.717, 1.165) is 0 Å². The molecule has 54 heavy (non-hydrogen) atoms. The number of rotatable bonds is 13. The highest BCUT2D eigenvalue weighted by molar-refractivity contribution is 6.08. The third-order valence-corrected chi connectivity index (χ3v) is 10.3. The Labute approximate surface area is 314 Å². The van der Waals surface area contributed by atoms with E-state index in [1.165, 1.54) is 0 Å². The summed E-state index contributed by atoms with van der Waals surface area (Å²) >= 11 is 0. The number of hydrogen-bond donors (Lipinski definition) is 10. The van der Waals surface area contributed by atoms with Crippen molar-refractivity contribution < 1.29 is 50.4 Å². The van der Waals surface area contributed by atoms with Crippen molar-refractivity contribution in [3.63, 3.8) is 0 Å². The van der Waals surface area contributed by atoms with Crippen LogP contribution in [0.3, 0.4) is 0 Å². The summed E-state index contributed by atoms with van der Waals surface area (Å²) in [6.45, 7) is 17.0. The van der Waals surface area contributed by atoms with E-state index in [4.69, 9.17) is 0 Å². The summed E-state index contributed by atoms with van der Waals surface area (Å²) in [5.41, 5.74) is 2.99. The van der Waals surface area contributed by atoms with Gasteiger partial charge in [-0.1, -0.05) is 53.7 Å². The van der Waals surface area contributed by atoms with Crippen LogP contribution in [0.4, 0.5) is 0 Å². The average molecular weight is 745 g/mol. The predicted octanol–water partition coefficient (Wildman–Crippen LogP) is 8.47. The number of nitrogens with one attached hydrogen (secondary N) is 2. The molecule has 10 N–H and O–H groups in total. The van der Waals surface area contributed by atoms with Gasteiger partial charge in [0.1, 0.15) is 22.9 Å². The van der Waals surface area contributed by atoms with Gasteiger partial charge in [-0.15, -0.1) is 0 Å². The molecule has 0 aliphatic rings. The number of aromatic hydroxyl groups is 6. The van der Waals surface area contributed by atoms with Crippen molar-refractivity contribution in [2.75, 3.05) is 0 Å². The summed E-state index contributed by atoms with van der Waals surface area (Å²) in [6.07, 6.45) is 0.868. The molecule has 12 heteroatoms. The number of carboxylic acid groups (broad SMARTS) is 2. The van der Waals surface area contributed by atoms with Crippen LogP contribution in [0, 0.1) is 13.8 Å². The van der Waals surface area contributed by atoms with Crippen LogP contribution in [0.2, 0.25) is 0 Å². The number of aliphatic carboxylic acids is 2. The molecule has 4 rings (SSSR count). The lowest BCUT2D eigenvalue weighted by atomic mass is 9.83. The van der Waals surface area contributed by atoms with E-state index in [-0.39, 0.29) is 80.8 Å². The van der Waals surface area contributed by atoms with E-state index < -0.39 is 34.9 Å². The van der Waals surface area contributed by atoms with Crippen molar-refractivity contribution in [3.8, 4) is 45.6 Å². The van der Waals surface area contributed by atoms with Crippen molar-refractivity contribution in [1.29, 1.82) is 0 Å². The number of carbonyl (C=O) groups is 2. The summed E-state index contributed by atoms with van der Waals surface area (Å²) < 4.78 is 0. The number of phenolic OH excluding ortho intramolecular Hbond substituents is 6. The second kappa shape index (κ2) is 15.7. The number of fused-ring (bicyclic) bond motifs is 2. The molecule has 290 valence electrons. The van der Waals surface area contributed by atoms with Gasteiger partial charge in [0.05, 0.1) is 0 Å². The van der Waals surface area contributed by atoms with Crippen molar-refractivity contribution in [2.45, 2.75) is 107 Å². The molecule has 0 aliphatic heterocycles. The Morgan fingerprint density at radius 3 is 1.15 bits per heavy atom. The normalized spacial score (nSPS) is 12.7. The zero-order valence-corrected chi connectivity index (χ0v) is 32.5. The molecular formula is C42H52N2O10. The van der Waals surface area contributed by atoms with E-state index in [1.54, 1.807) is 53.7 Å².